The van der Waals surface area contributed by atoms with E-state index >= 15 is 0 Å². The minimum Gasteiger partial charge on any atom is -0.403 e. The molecule has 12 heteroatoms. The Morgan fingerprint density at radius 2 is 0.653 bits per heavy atom. The quantitative estimate of drug-likeness (QED) is 0.0363. The van der Waals surface area contributed by atoms with E-state index in [1.165, 1.54) is 0 Å². The number of carbonyl (C=O) groups excluding carboxylic acids is 2. The second-order valence-corrected chi connectivity index (χ2v) is 12.2. The highest BCUT2D eigenvalue weighted by atomic mass is 16.9. The van der Waals surface area contributed by atoms with Crippen LogP contribution in [0.4, 0.5) is 0 Å². The molecular formula is C37H72O12. The van der Waals surface area contributed by atoms with Crippen LogP contribution >= 0.6 is 0 Å². The van der Waals surface area contributed by atoms with Gasteiger partial charge < -0.3 is 47.4 Å². The number of hydrogen-bond acceptors (Lipinski definition) is 12. The van der Waals surface area contributed by atoms with Crippen molar-refractivity contribution in [1.82, 2.24) is 0 Å². The van der Waals surface area contributed by atoms with Gasteiger partial charge in [0.25, 0.3) is 11.6 Å². The van der Waals surface area contributed by atoms with E-state index in [4.69, 9.17) is 47.4 Å². The summed E-state index contributed by atoms with van der Waals surface area (Å²) in [6.45, 7) is 21.5. The second kappa shape index (κ2) is 27.3. The standard InChI is InChI=1S/C37H72O12/c1-11-26-42-34(9,43-27-12-2)36(40-17-7,46-30-15-5)48-32(38)24-22-20-19-21-23-25-33(39)49-37(41-18-8,47-31-16-6)35(10,44-28-13-3)45-29-14-4/h11-31H2,1-10H3. The van der Waals surface area contributed by atoms with Gasteiger partial charge in [-0.15, -0.1) is 0 Å². The molecule has 0 heterocycles. The molecule has 0 radical (unpaired) electrons. The fraction of sp³-hybridized carbons (Fsp3) is 0.946. The van der Waals surface area contributed by atoms with E-state index in [0.29, 0.717) is 65.3 Å². The minimum absolute atomic E-state index is 0.170. The summed E-state index contributed by atoms with van der Waals surface area (Å²) in [5.41, 5.74) is 0. The van der Waals surface area contributed by atoms with Crippen LogP contribution in [0.1, 0.15) is 153 Å². The Bertz CT molecular complexity index is 758. The van der Waals surface area contributed by atoms with Crippen LogP contribution in [0.25, 0.3) is 0 Å². The smallest absolute Gasteiger partial charge is 0.386 e. The van der Waals surface area contributed by atoms with Gasteiger partial charge in [0, 0.05) is 12.8 Å². The lowest BCUT2D eigenvalue weighted by molar-refractivity contribution is -0.479. The van der Waals surface area contributed by atoms with Gasteiger partial charge in [0.2, 0.25) is 0 Å². The SMILES string of the molecule is CCCOC(C)(OCCC)C(OCC)(OCCC)OC(=O)CCCCCCCC(=O)OC(OCC)(OCCC)C(C)(OCCC)OCCC. The second-order valence-electron chi connectivity index (χ2n) is 12.2. The van der Waals surface area contributed by atoms with E-state index in [9.17, 15) is 9.59 Å². The predicted octanol–water partition coefficient (Wildman–Crippen LogP) is 8.18. The van der Waals surface area contributed by atoms with Crippen molar-refractivity contribution in [2.24, 2.45) is 0 Å². The number of hydrogen-bond donors (Lipinski definition) is 0. The van der Waals surface area contributed by atoms with Crippen molar-refractivity contribution in [1.29, 1.82) is 0 Å². The van der Waals surface area contributed by atoms with Gasteiger partial charge in [-0.2, -0.15) is 0 Å². The first-order valence-electron chi connectivity index (χ1n) is 19.0. The molecule has 49 heavy (non-hydrogen) atoms. The highest BCUT2D eigenvalue weighted by molar-refractivity contribution is 5.70. The Morgan fingerprint density at radius 3 is 0.918 bits per heavy atom. The van der Waals surface area contributed by atoms with Crippen molar-refractivity contribution < 1.29 is 57.0 Å². The van der Waals surface area contributed by atoms with E-state index in [2.05, 4.69) is 0 Å². The van der Waals surface area contributed by atoms with Crippen LogP contribution < -0.4 is 0 Å². The van der Waals surface area contributed by atoms with E-state index in [1.54, 1.807) is 13.8 Å². The zero-order valence-electron chi connectivity index (χ0n) is 32.7. The monoisotopic (exact) mass is 709 g/mol. The lowest BCUT2D eigenvalue weighted by atomic mass is 10.1. The molecule has 0 rings (SSSR count). The highest BCUT2D eigenvalue weighted by Gasteiger charge is 2.59. The summed E-state index contributed by atoms with van der Waals surface area (Å²) in [5, 5.41) is 0. The number of rotatable bonds is 34. The van der Waals surface area contributed by atoms with Crippen LogP contribution in [0.5, 0.6) is 0 Å². The topological polar surface area (TPSA) is 126 Å². The largest absolute Gasteiger partial charge is 0.403 e. The lowest BCUT2D eigenvalue weighted by Crippen LogP contribution is -2.62. The van der Waals surface area contributed by atoms with E-state index < -0.39 is 35.5 Å². The fourth-order valence-electron chi connectivity index (χ4n) is 4.86. The molecule has 0 aliphatic heterocycles. The van der Waals surface area contributed by atoms with Gasteiger partial charge >= 0.3 is 23.9 Å². The van der Waals surface area contributed by atoms with Crippen molar-refractivity contribution in [2.75, 3.05) is 52.9 Å². The van der Waals surface area contributed by atoms with Crippen LogP contribution in [-0.2, 0) is 57.0 Å². The molecule has 0 amide bonds. The normalized spacial score (nSPS) is 14.7. The molecule has 0 aliphatic carbocycles. The molecule has 0 aromatic rings. The highest BCUT2D eigenvalue weighted by Crippen LogP contribution is 2.37. The third-order valence-corrected chi connectivity index (χ3v) is 7.36. The van der Waals surface area contributed by atoms with Crippen LogP contribution in [-0.4, -0.2) is 88.3 Å². The summed E-state index contributed by atoms with van der Waals surface area (Å²) in [6.07, 6.45) is 8.25. The van der Waals surface area contributed by atoms with Crippen LogP contribution in [0.15, 0.2) is 0 Å². The maximum absolute atomic E-state index is 13.1. The molecule has 0 fully saturated rings. The minimum atomic E-state index is -1.84. The van der Waals surface area contributed by atoms with Gasteiger partial charge in [-0.1, -0.05) is 60.8 Å². The average molecular weight is 709 g/mol. The zero-order valence-corrected chi connectivity index (χ0v) is 32.7. The van der Waals surface area contributed by atoms with Crippen molar-refractivity contribution in [2.45, 2.75) is 176 Å². The van der Waals surface area contributed by atoms with Gasteiger partial charge in [-0.05, 0) is 79.1 Å². The summed E-state index contributed by atoms with van der Waals surface area (Å²) in [6, 6.07) is 0. The molecule has 0 saturated carbocycles. The predicted molar refractivity (Wildman–Crippen MR) is 187 cm³/mol. The molecular weight excluding hydrogens is 636 g/mol. The molecule has 0 N–H and O–H groups in total. The Labute approximate surface area is 297 Å². The van der Waals surface area contributed by atoms with Crippen molar-refractivity contribution in [3.8, 4) is 0 Å². The Balaban J connectivity index is 5.30. The number of esters is 2. The molecule has 0 saturated heterocycles. The van der Waals surface area contributed by atoms with E-state index in [-0.39, 0.29) is 26.1 Å². The molecule has 0 aliphatic rings. The van der Waals surface area contributed by atoms with Gasteiger partial charge in [-0.25, -0.2) is 0 Å². The van der Waals surface area contributed by atoms with Crippen molar-refractivity contribution in [3.05, 3.63) is 0 Å². The third-order valence-electron chi connectivity index (χ3n) is 7.36. The van der Waals surface area contributed by atoms with E-state index in [1.807, 2.05) is 55.4 Å². The van der Waals surface area contributed by atoms with Crippen LogP contribution in [0, 0.1) is 0 Å². The number of unbranched alkanes of at least 4 members (excludes halogenated alkanes) is 4. The molecule has 12 nitrogen and oxygen atoms in total. The van der Waals surface area contributed by atoms with Crippen molar-refractivity contribution in [3.63, 3.8) is 0 Å². The Kier molecular flexibility index (Phi) is 26.5. The third kappa shape index (κ3) is 16.7. The summed E-state index contributed by atoms with van der Waals surface area (Å²) in [4.78, 5) is 26.3. The van der Waals surface area contributed by atoms with Gasteiger partial charge in [0.1, 0.15) is 0 Å². The zero-order chi connectivity index (χ0) is 37.1. The lowest BCUT2D eigenvalue weighted by Gasteiger charge is -2.44. The van der Waals surface area contributed by atoms with Gasteiger partial charge in [0.15, 0.2) is 0 Å². The summed E-state index contributed by atoms with van der Waals surface area (Å²) < 4.78 is 60.3. The average Bonchev–Trinajstić information content (AvgIpc) is 3.08. The van der Waals surface area contributed by atoms with Crippen LogP contribution in [0.2, 0.25) is 0 Å². The van der Waals surface area contributed by atoms with Crippen LogP contribution in [0.3, 0.4) is 0 Å². The first kappa shape index (κ1) is 47.6. The number of ether oxygens (including phenoxy) is 10. The maximum Gasteiger partial charge on any atom is 0.386 e. The number of carbonyl (C=O) groups is 2. The molecule has 0 aromatic carbocycles. The van der Waals surface area contributed by atoms with Gasteiger partial charge in [0.05, 0.1) is 52.9 Å². The van der Waals surface area contributed by atoms with E-state index in [0.717, 1.165) is 44.9 Å². The molecule has 0 bridgehead atoms. The molecule has 2 unspecified atom stereocenters. The summed E-state index contributed by atoms with van der Waals surface area (Å²) in [7, 11) is 0. The molecule has 0 aromatic heterocycles. The molecule has 292 valence electrons. The van der Waals surface area contributed by atoms with Crippen molar-refractivity contribution >= 4 is 11.9 Å². The molecule has 0 spiro atoms. The van der Waals surface area contributed by atoms with Gasteiger partial charge in [-0.3, -0.25) is 9.59 Å². The molecule has 2 atom stereocenters. The first-order valence-corrected chi connectivity index (χ1v) is 19.0. The Morgan fingerprint density at radius 1 is 0.388 bits per heavy atom. The fourth-order valence-corrected chi connectivity index (χ4v) is 4.86. The Hall–Kier alpha value is -1.38. The summed E-state index contributed by atoms with van der Waals surface area (Å²) in [5.74, 6) is -7.49. The maximum atomic E-state index is 13.1. The summed E-state index contributed by atoms with van der Waals surface area (Å²) >= 11 is 0. The first-order chi connectivity index (χ1) is 23.5.